The van der Waals surface area contributed by atoms with Crippen molar-refractivity contribution in [1.29, 1.82) is 0 Å². The van der Waals surface area contributed by atoms with Crippen molar-refractivity contribution in [2.75, 3.05) is 19.6 Å². The third-order valence-corrected chi connectivity index (χ3v) is 4.41. The van der Waals surface area contributed by atoms with E-state index < -0.39 is 0 Å². The topological polar surface area (TPSA) is 64.5 Å². The van der Waals surface area contributed by atoms with Gasteiger partial charge in [-0.3, -0.25) is 0 Å². The Morgan fingerprint density at radius 2 is 1.84 bits per heavy atom. The molecule has 0 bridgehead atoms. The van der Waals surface area contributed by atoms with Crippen LogP contribution in [0.25, 0.3) is 0 Å². The van der Waals surface area contributed by atoms with Gasteiger partial charge in [-0.2, -0.15) is 0 Å². The Morgan fingerprint density at radius 1 is 1.08 bits per heavy atom. The number of phenols is 2. The van der Waals surface area contributed by atoms with Crippen molar-refractivity contribution in [1.82, 2.24) is 10.6 Å². The zero-order valence-corrected chi connectivity index (χ0v) is 14.8. The molecule has 0 saturated heterocycles. The Labute approximate surface area is 150 Å². The maximum absolute atomic E-state index is 9.96. The van der Waals surface area contributed by atoms with Crippen LogP contribution in [-0.4, -0.2) is 29.8 Å². The first-order valence-corrected chi connectivity index (χ1v) is 8.72. The third-order valence-electron chi connectivity index (χ3n) is 4.41. The smallest absolute Gasteiger partial charge is 0.118 e. The van der Waals surface area contributed by atoms with Crippen molar-refractivity contribution >= 4 is 0 Å². The minimum Gasteiger partial charge on any atom is -0.508 e. The number of hydrogen-bond donors (Lipinski definition) is 4. The van der Waals surface area contributed by atoms with Crippen LogP contribution in [0.15, 0.2) is 55.2 Å². The van der Waals surface area contributed by atoms with E-state index in [-0.39, 0.29) is 0 Å². The van der Waals surface area contributed by atoms with E-state index >= 15 is 0 Å². The molecule has 0 saturated carbocycles. The molecule has 1 atom stereocenters. The predicted molar refractivity (Wildman–Crippen MR) is 103 cm³/mol. The van der Waals surface area contributed by atoms with Gasteiger partial charge in [0, 0.05) is 12.5 Å². The highest BCUT2D eigenvalue weighted by molar-refractivity contribution is 5.37. The Kier molecular flexibility index (Phi) is 7.36. The third kappa shape index (κ3) is 6.16. The molecule has 0 amide bonds. The van der Waals surface area contributed by atoms with Crippen LogP contribution in [0.3, 0.4) is 0 Å². The molecule has 4 heteroatoms. The van der Waals surface area contributed by atoms with Crippen LogP contribution in [0.1, 0.15) is 29.0 Å². The second-order valence-electron chi connectivity index (χ2n) is 6.31. The van der Waals surface area contributed by atoms with Crippen molar-refractivity contribution in [2.45, 2.75) is 25.7 Å². The lowest BCUT2D eigenvalue weighted by Crippen LogP contribution is -2.24. The zero-order valence-electron chi connectivity index (χ0n) is 14.8. The Balaban J connectivity index is 1.81. The number of benzene rings is 2. The number of aromatic hydroxyl groups is 2. The molecule has 0 aliphatic rings. The van der Waals surface area contributed by atoms with Gasteiger partial charge >= 0.3 is 0 Å². The Hall–Kier alpha value is -2.46. The number of rotatable bonds is 10. The maximum Gasteiger partial charge on any atom is 0.118 e. The lowest BCUT2D eigenvalue weighted by Gasteiger charge is -2.18. The van der Waals surface area contributed by atoms with Crippen molar-refractivity contribution in [3.63, 3.8) is 0 Å². The van der Waals surface area contributed by atoms with Crippen molar-refractivity contribution in [3.8, 4) is 11.5 Å². The molecular formula is C21H28N2O2. The molecule has 2 aromatic rings. The molecule has 1 unspecified atom stereocenters. The van der Waals surface area contributed by atoms with Crippen LogP contribution < -0.4 is 10.6 Å². The largest absolute Gasteiger partial charge is 0.508 e. The summed E-state index contributed by atoms with van der Waals surface area (Å²) >= 11 is 0. The monoisotopic (exact) mass is 340 g/mol. The van der Waals surface area contributed by atoms with Crippen molar-refractivity contribution < 1.29 is 10.2 Å². The average molecular weight is 340 g/mol. The van der Waals surface area contributed by atoms with E-state index in [2.05, 4.69) is 23.3 Å². The maximum atomic E-state index is 9.96. The summed E-state index contributed by atoms with van der Waals surface area (Å²) in [4.78, 5) is 0. The molecule has 0 aliphatic carbocycles. The highest BCUT2D eigenvalue weighted by atomic mass is 16.3. The van der Waals surface area contributed by atoms with E-state index in [1.165, 1.54) is 5.56 Å². The van der Waals surface area contributed by atoms with E-state index in [9.17, 15) is 10.2 Å². The van der Waals surface area contributed by atoms with Crippen molar-refractivity contribution in [3.05, 3.63) is 71.9 Å². The molecule has 4 nitrogen and oxygen atoms in total. The number of nitrogens with one attached hydrogen (secondary N) is 2. The summed E-state index contributed by atoms with van der Waals surface area (Å²) < 4.78 is 0. The molecule has 0 spiro atoms. The van der Waals surface area contributed by atoms with Crippen LogP contribution in [0.4, 0.5) is 0 Å². The molecule has 0 radical (unpaired) electrons. The van der Waals surface area contributed by atoms with Gasteiger partial charge in [0.2, 0.25) is 0 Å². The molecule has 4 N–H and O–H groups in total. The van der Waals surface area contributed by atoms with E-state index in [1.807, 2.05) is 31.2 Å². The highest BCUT2D eigenvalue weighted by Crippen LogP contribution is 2.25. The molecular weight excluding hydrogens is 312 g/mol. The molecule has 0 aliphatic heterocycles. The highest BCUT2D eigenvalue weighted by Gasteiger charge is 2.12. The van der Waals surface area contributed by atoms with Gasteiger partial charge in [0.25, 0.3) is 0 Å². The summed E-state index contributed by atoms with van der Waals surface area (Å²) in [5.74, 6) is 0.961. The second-order valence-corrected chi connectivity index (χ2v) is 6.31. The molecule has 0 aromatic heterocycles. The molecule has 0 heterocycles. The quantitative estimate of drug-likeness (QED) is 0.500. The van der Waals surface area contributed by atoms with E-state index in [4.69, 9.17) is 0 Å². The van der Waals surface area contributed by atoms with Gasteiger partial charge in [-0.1, -0.05) is 30.8 Å². The molecule has 2 rings (SSSR count). The average Bonchev–Trinajstić information content (AvgIpc) is 2.61. The standard InChI is InChI=1S/C21H28N2O2/c1-3-22-15-19(18-7-4-16(2)21(25)14-18)11-13-23-12-10-17-5-8-20(24)9-6-17/h3-9,14,19,22-25H,1,10-13,15H2,2H3. The normalized spacial score (nSPS) is 11.9. The van der Waals surface area contributed by atoms with E-state index in [0.717, 1.165) is 43.6 Å². The van der Waals surface area contributed by atoms with Crippen LogP contribution in [0.5, 0.6) is 11.5 Å². The molecule has 2 aromatic carbocycles. The number of aryl methyl sites for hydroxylation is 1. The van der Waals surface area contributed by atoms with E-state index in [0.29, 0.717) is 17.4 Å². The summed E-state index contributed by atoms with van der Waals surface area (Å²) in [5.41, 5.74) is 3.24. The van der Waals surface area contributed by atoms with Gasteiger partial charge in [0.15, 0.2) is 0 Å². The van der Waals surface area contributed by atoms with Gasteiger partial charge in [0.1, 0.15) is 11.5 Å². The first kappa shape index (κ1) is 18.9. The van der Waals surface area contributed by atoms with Crippen LogP contribution in [-0.2, 0) is 6.42 Å². The van der Waals surface area contributed by atoms with Gasteiger partial charge < -0.3 is 20.8 Å². The predicted octanol–water partition coefficient (Wildman–Crippen LogP) is 3.45. The van der Waals surface area contributed by atoms with Gasteiger partial charge in [0.05, 0.1) is 0 Å². The summed E-state index contributed by atoms with van der Waals surface area (Å²) in [6.07, 6.45) is 3.61. The minimum atomic E-state index is 0.302. The van der Waals surface area contributed by atoms with E-state index in [1.54, 1.807) is 18.3 Å². The molecule has 134 valence electrons. The van der Waals surface area contributed by atoms with Gasteiger partial charge in [-0.25, -0.2) is 0 Å². The first-order chi connectivity index (χ1) is 12.1. The Morgan fingerprint density at radius 3 is 2.52 bits per heavy atom. The molecule has 0 fully saturated rings. The number of hydrogen-bond acceptors (Lipinski definition) is 4. The summed E-state index contributed by atoms with van der Waals surface area (Å²) in [5, 5.41) is 25.9. The number of phenolic OH excluding ortho intramolecular Hbond substituents is 2. The second kappa shape index (κ2) is 9.74. The lowest BCUT2D eigenvalue weighted by molar-refractivity contribution is 0.468. The van der Waals surface area contributed by atoms with Crippen molar-refractivity contribution in [2.24, 2.45) is 0 Å². The van der Waals surface area contributed by atoms with Crippen LogP contribution >= 0.6 is 0 Å². The van der Waals surface area contributed by atoms with Crippen LogP contribution in [0.2, 0.25) is 0 Å². The Bertz CT molecular complexity index is 668. The van der Waals surface area contributed by atoms with Gasteiger partial charge in [-0.05, 0) is 73.9 Å². The lowest BCUT2D eigenvalue weighted by atomic mass is 9.94. The molecule has 25 heavy (non-hydrogen) atoms. The summed E-state index contributed by atoms with van der Waals surface area (Å²) in [7, 11) is 0. The SMILES string of the molecule is C=CNCC(CCNCCc1ccc(O)cc1)c1ccc(C)c(O)c1. The van der Waals surface area contributed by atoms with Gasteiger partial charge in [-0.15, -0.1) is 0 Å². The summed E-state index contributed by atoms with van der Waals surface area (Å²) in [6, 6.07) is 13.2. The minimum absolute atomic E-state index is 0.302. The first-order valence-electron chi connectivity index (χ1n) is 8.72. The zero-order chi connectivity index (χ0) is 18.1. The van der Waals surface area contributed by atoms with Crippen LogP contribution in [0, 0.1) is 6.92 Å². The summed E-state index contributed by atoms with van der Waals surface area (Å²) in [6.45, 7) is 8.21. The fourth-order valence-electron chi connectivity index (χ4n) is 2.79. The fraction of sp³-hybridized carbons (Fsp3) is 0.333. The fourth-order valence-corrected chi connectivity index (χ4v) is 2.79.